The first-order valence-electron chi connectivity index (χ1n) is 11.6. The zero-order chi connectivity index (χ0) is 27.2. The van der Waals surface area contributed by atoms with E-state index in [1.165, 1.54) is 4.68 Å². The summed E-state index contributed by atoms with van der Waals surface area (Å²) in [6.07, 6.45) is 0. The minimum Gasteiger partial charge on any atom is -0.462 e. The number of esters is 1. The van der Waals surface area contributed by atoms with Crippen molar-refractivity contribution >= 4 is 51.6 Å². The lowest BCUT2D eigenvalue weighted by Crippen LogP contribution is -2.37. The van der Waals surface area contributed by atoms with Crippen LogP contribution in [-0.2, 0) is 9.53 Å². The van der Waals surface area contributed by atoms with Crippen LogP contribution < -0.4 is 20.9 Å². The predicted octanol–water partition coefficient (Wildman–Crippen LogP) is 4.16. The van der Waals surface area contributed by atoms with E-state index >= 15 is 0 Å². The fraction of sp³-hybridized carbons (Fsp3) is 0.192. The number of para-hydroxylation sites is 2. The maximum absolute atomic E-state index is 13.2. The number of carbonyl (C=O) groups is 3. The fourth-order valence-corrected chi connectivity index (χ4v) is 5.50. The molecule has 4 rings (SSSR count). The van der Waals surface area contributed by atoms with Crippen molar-refractivity contribution < 1.29 is 28.3 Å². The summed E-state index contributed by atoms with van der Waals surface area (Å²) >= 11 is 1.97. The molecule has 0 aliphatic heterocycles. The Morgan fingerprint density at radius 3 is 2.39 bits per heavy atom. The van der Waals surface area contributed by atoms with Crippen LogP contribution in [0.4, 0.5) is 10.7 Å². The summed E-state index contributed by atoms with van der Waals surface area (Å²) in [4.78, 5) is 51.6. The zero-order valence-electron chi connectivity index (χ0n) is 20.8. The van der Waals surface area contributed by atoms with Gasteiger partial charge >= 0.3 is 16.6 Å². The second-order valence-electron chi connectivity index (χ2n) is 8.01. The van der Waals surface area contributed by atoms with Crippen LogP contribution in [0, 0.1) is 6.92 Å². The summed E-state index contributed by atoms with van der Waals surface area (Å²) in [6, 6.07) is 17.9. The van der Waals surface area contributed by atoms with Crippen molar-refractivity contribution in [3.05, 3.63) is 87.1 Å². The normalized spacial score (nSPS) is 11.6. The summed E-state index contributed by atoms with van der Waals surface area (Å²) in [6.45, 7) is 5.05. The van der Waals surface area contributed by atoms with E-state index in [0.717, 1.165) is 23.1 Å². The van der Waals surface area contributed by atoms with Gasteiger partial charge in [0.1, 0.15) is 5.00 Å². The number of ether oxygens (including phenoxy) is 1. The van der Waals surface area contributed by atoms with E-state index in [2.05, 4.69) is 15.9 Å². The van der Waals surface area contributed by atoms with Crippen molar-refractivity contribution in [3.63, 3.8) is 0 Å². The molecule has 2 aromatic heterocycles. The second kappa shape index (κ2) is 11.9. The number of nitrogens with one attached hydrogen (secondary N) is 3. The number of hydrogen-bond acceptors (Lipinski definition) is 8. The maximum atomic E-state index is 13.2. The topological polar surface area (TPSA) is 134 Å². The number of carbonyl (C=O) groups excluding carboxylic acids is 3. The number of H-pyrrole nitrogens is 1. The van der Waals surface area contributed by atoms with Gasteiger partial charge in [-0.2, -0.15) is 0 Å². The number of anilines is 2. The molecule has 0 saturated heterocycles. The van der Waals surface area contributed by atoms with Gasteiger partial charge in [-0.05, 0) is 60.2 Å². The molecule has 12 heteroatoms. The van der Waals surface area contributed by atoms with E-state index in [1.807, 2.05) is 12.1 Å². The standard InChI is InChI=1S/C26H24N4O6S2/c1-4-35-25(33)19-15(2)20(22(32)27-17-11-7-5-8-12-17)38-23(19)28-21(31)16(3)37-24-26(34)36-29-30(24)18-13-9-6-10-14-18/h5-14,16H,4H2,1-3H3,(H2-,27,28,29,31,32,33,34)/p+1. The molecule has 4 aromatic rings. The molecule has 2 aromatic carbocycles. The minimum absolute atomic E-state index is 0.112. The van der Waals surface area contributed by atoms with Crippen molar-refractivity contribution in [2.24, 2.45) is 0 Å². The molecule has 0 fully saturated rings. The van der Waals surface area contributed by atoms with Crippen LogP contribution in [0.25, 0.3) is 5.69 Å². The van der Waals surface area contributed by atoms with Gasteiger partial charge in [0.15, 0.2) is 0 Å². The lowest BCUT2D eigenvalue weighted by Gasteiger charge is -2.10. The van der Waals surface area contributed by atoms with E-state index in [0.29, 0.717) is 16.9 Å². The second-order valence-corrected chi connectivity index (χ2v) is 10.4. The number of aromatic nitrogens is 2. The van der Waals surface area contributed by atoms with Crippen LogP contribution in [-0.4, -0.2) is 34.9 Å². The highest BCUT2D eigenvalue weighted by Gasteiger charge is 2.31. The average molecular weight is 554 g/mol. The van der Waals surface area contributed by atoms with E-state index in [1.54, 1.807) is 69.3 Å². The Morgan fingerprint density at radius 2 is 1.74 bits per heavy atom. The molecular weight excluding hydrogens is 528 g/mol. The van der Waals surface area contributed by atoms with Gasteiger partial charge in [0.25, 0.3) is 5.91 Å². The molecule has 10 nitrogen and oxygen atoms in total. The molecule has 0 spiro atoms. The van der Waals surface area contributed by atoms with Crippen LogP contribution in [0.15, 0.2) is 75.0 Å². The highest BCUT2D eigenvalue weighted by Crippen LogP contribution is 2.35. The zero-order valence-corrected chi connectivity index (χ0v) is 22.4. The third-order valence-electron chi connectivity index (χ3n) is 5.38. The molecule has 196 valence electrons. The molecule has 0 saturated carbocycles. The van der Waals surface area contributed by atoms with Crippen LogP contribution in [0.1, 0.15) is 39.4 Å². The first kappa shape index (κ1) is 26.9. The highest BCUT2D eigenvalue weighted by molar-refractivity contribution is 8.00. The maximum Gasteiger partial charge on any atom is 0.442 e. The van der Waals surface area contributed by atoms with Crippen molar-refractivity contribution in [2.75, 3.05) is 17.2 Å². The van der Waals surface area contributed by atoms with E-state index in [9.17, 15) is 19.2 Å². The number of nitrogens with zero attached hydrogens (tertiary/aromatic N) is 1. The Labute approximate surface area is 226 Å². The van der Waals surface area contributed by atoms with Gasteiger partial charge in [-0.25, -0.2) is 9.59 Å². The molecular formula is C26H25N4O6S2+. The Morgan fingerprint density at radius 1 is 1.08 bits per heavy atom. The van der Waals surface area contributed by atoms with Crippen LogP contribution in [0.5, 0.6) is 0 Å². The molecule has 0 radical (unpaired) electrons. The Bertz CT molecular complexity index is 1510. The predicted molar refractivity (Wildman–Crippen MR) is 144 cm³/mol. The summed E-state index contributed by atoms with van der Waals surface area (Å²) in [7, 11) is 0. The molecule has 0 aliphatic rings. The first-order chi connectivity index (χ1) is 18.3. The third-order valence-corrected chi connectivity index (χ3v) is 7.73. The Balaban J connectivity index is 1.58. The summed E-state index contributed by atoms with van der Waals surface area (Å²) in [5.74, 6) is -1.54. The average Bonchev–Trinajstić information content (AvgIpc) is 3.44. The van der Waals surface area contributed by atoms with Crippen LogP contribution >= 0.6 is 23.1 Å². The van der Waals surface area contributed by atoms with Crippen molar-refractivity contribution in [1.82, 2.24) is 5.27 Å². The monoisotopic (exact) mass is 553 g/mol. The summed E-state index contributed by atoms with van der Waals surface area (Å²) in [5, 5.41) is 7.68. The molecule has 3 N–H and O–H groups in total. The van der Waals surface area contributed by atoms with Crippen LogP contribution in [0.3, 0.4) is 0 Å². The summed E-state index contributed by atoms with van der Waals surface area (Å²) in [5.41, 5.74) is 1.13. The first-order valence-corrected chi connectivity index (χ1v) is 13.3. The van der Waals surface area contributed by atoms with Crippen molar-refractivity contribution in [2.45, 2.75) is 31.0 Å². The van der Waals surface area contributed by atoms with E-state index in [4.69, 9.17) is 9.26 Å². The number of hydrogen-bond donors (Lipinski definition) is 3. The van der Waals surface area contributed by atoms with Crippen LogP contribution in [0.2, 0.25) is 0 Å². The lowest BCUT2D eigenvalue weighted by molar-refractivity contribution is -0.704. The molecule has 38 heavy (non-hydrogen) atoms. The molecule has 1 atom stereocenters. The minimum atomic E-state index is -0.761. The van der Waals surface area contributed by atoms with Gasteiger partial charge in [0.2, 0.25) is 11.6 Å². The molecule has 2 amide bonds. The number of aromatic amines is 1. The lowest BCUT2D eigenvalue weighted by atomic mass is 10.1. The molecule has 0 aliphatic carbocycles. The van der Waals surface area contributed by atoms with Crippen molar-refractivity contribution in [1.29, 1.82) is 0 Å². The van der Waals surface area contributed by atoms with Gasteiger partial charge in [-0.3, -0.25) is 14.1 Å². The summed E-state index contributed by atoms with van der Waals surface area (Å²) < 4.78 is 11.6. The van der Waals surface area contributed by atoms with E-state index in [-0.39, 0.29) is 27.1 Å². The Hall–Kier alpha value is -4.16. The molecule has 0 bridgehead atoms. The van der Waals surface area contributed by atoms with E-state index < -0.39 is 28.7 Å². The SMILES string of the molecule is CCOC(=O)c1c(NC(=O)C(C)Sc2c(=O)o[nH][n+]2-c2ccccc2)sc(C(=O)Nc2ccccc2)c1C. The number of benzene rings is 2. The van der Waals surface area contributed by atoms with Gasteiger partial charge in [0, 0.05) is 17.8 Å². The number of thioether (sulfide) groups is 1. The number of thiophene rings is 1. The van der Waals surface area contributed by atoms with Crippen molar-refractivity contribution in [3.8, 4) is 5.69 Å². The number of rotatable bonds is 9. The smallest absolute Gasteiger partial charge is 0.442 e. The van der Waals surface area contributed by atoms with Gasteiger partial charge < -0.3 is 15.4 Å². The van der Waals surface area contributed by atoms with Gasteiger partial charge in [0.05, 0.1) is 22.3 Å². The Kier molecular flexibility index (Phi) is 8.44. The third kappa shape index (κ3) is 5.87. The number of amides is 2. The largest absolute Gasteiger partial charge is 0.462 e. The van der Waals surface area contributed by atoms with Gasteiger partial charge in [-0.15, -0.1) is 11.3 Å². The highest BCUT2D eigenvalue weighted by atomic mass is 32.2. The van der Waals surface area contributed by atoms with Gasteiger partial charge in [-0.1, -0.05) is 36.4 Å². The molecule has 2 heterocycles. The quantitative estimate of drug-likeness (QED) is 0.161. The fourth-order valence-electron chi connectivity index (χ4n) is 3.52. The molecule has 1 unspecified atom stereocenters.